The summed E-state index contributed by atoms with van der Waals surface area (Å²) in [6, 6.07) is 13.6. The number of benzene rings is 2. The first-order valence-electron chi connectivity index (χ1n) is 8.29. The Hall–Kier alpha value is -3.39. The number of methoxy groups -OCH3 is 1. The van der Waals surface area contributed by atoms with Crippen molar-refractivity contribution < 1.29 is 19.1 Å². The average Bonchev–Trinajstić information content (AvgIpc) is 2.68. The Labute approximate surface area is 157 Å². The maximum absolute atomic E-state index is 12.6. The molecule has 142 valence electrons. The van der Waals surface area contributed by atoms with E-state index in [1.54, 1.807) is 55.6 Å². The number of amides is 3. The third-order valence-electron chi connectivity index (χ3n) is 3.64. The van der Waals surface area contributed by atoms with Crippen LogP contribution in [0.25, 0.3) is 0 Å². The molecular weight excluding hydrogens is 348 g/mol. The zero-order chi connectivity index (χ0) is 19.6. The number of ether oxygens (including phenoxy) is 1. The van der Waals surface area contributed by atoms with E-state index in [2.05, 4.69) is 21.3 Å². The Bertz CT molecular complexity index is 806. The van der Waals surface area contributed by atoms with Crippen molar-refractivity contribution in [2.75, 3.05) is 37.9 Å². The zero-order valence-corrected chi connectivity index (χ0v) is 15.2. The smallest absolute Gasteiger partial charge is 0.257 e. The minimum absolute atomic E-state index is 0.0313. The fourth-order valence-corrected chi connectivity index (χ4v) is 2.24. The lowest BCUT2D eigenvalue weighted by molar-refractivity contribution is -0.120. The topological polar surface area (TPSA) is 109 Å². The number of likely N-dealkylation sites (N-methyl/N-ethyl adjacent to an activating group) is 1. The Balaban J connectivity index is 2.00. The summed E-state index contributed by atoms with van der Waals surface area (Å²) in [6.07, 6.45) is 0. The molecule has 0 aromatic heterocycles. The predicted octanol–water partition coefficient (Wildman–Crippen LogP) is 1.22. The molecule has 0 heterocycles. The fraction of sp³-hybridized carbons (Fsp3) is 0.211. The first kappa shape index (κ1) is 19.9. The highest BCUT2D eigenvalue weighted by molar-refractivity contribution is 6.10. The summed E-state index contributed by atoms with van der Waals surface area (Å²) in [5, 5.41) is 10.6. The van der Waals surface area contributed by atoms with Crippen LogP contribution in [0.4, 0.5) is 11.4 Å². The first-order valence-corrected chi connectivity index (χ1v) is 8.29. The summed E-state index contributed by atoms with van der Waals surface area (Å²) >= 11 is 0. The van der Waals surface area contributed by atoms with Crippen LogP contribution in [0.3, 0.4) is 0 Å². The third-order valence-corrected chi connectivity index (χ3v) is 3.64. The molecule has 0 saturated heterocycles. The fourth-order valence-electron chi connectivity index (χ4n) is 2.24. The number of anilines is 2. The Morgan fingerprint density at radius 3 is 2.22 bits per heavy atom. The van der Waals surface area contributed by atoms with Gasteiger partial charge in [0.15, 0.2) is 0 Å². The molecule has 0 unspecified atom stereocenters. The van der Waals surface area contributed by atoms with Gasteiger partial charge in [-0.2, -0.15) is 0 Å². The molecule has 2 aromatic carbocycles. The molecule has 2 aromatic rings. The lowest BCUT2D eigenvalue weighted by Crippen LogP contribution is -2.36. The van der Waals surface area contributed by atoms with E-state index < -0.39 is 0 Å². The number of carbonyl (C=O) groups excluding carboxylic acids is 3. The van der Waals surface area contributed by atoms with Crippen molar-refractivity contribution in [2.45, 2.75) is 0 Å². The van der Waals surface area contributed by atoms with Crippen LogP contribution >= 0.6 is 0 Å². The standard InChI is InChI=1S/C19H22N4O4/c1-20-17(24)11-21-12-18(25)23-16-6-4-3-5-15(16)19(26)22-13-7-9-14(27-2)10-8-13/h3-10,21H,11-12H2,1-2H3,(H,20,24)(H,22,26)(H,23,25). The van der Waals surface area contributed by atoms with E-state index in [0.717, 1.165) is 0 Å². The van der Waals surface area contributed by atoms with Crippen LogP contribution in [0.1, 0.15) is 10.4 Å². The van der Waals surface area contributed by atoms with E-state index in [1.165, 1.54) is 7.05 Å². The molecule has 0 radical (unpaired) electrons. The number of hydrogen-bond acceptors (Lipinski definition) is 5. The van der Waals surface area contributed by atoms with Crippen LogP contribution in [-0.2, 0) is 9.59 Å². The molecule has 0 aliphatic carbocycles. The zero-order valence-electron chi connectivity index (χ0n) is 15.2. The van der Waals surface area contributed by atoms with Crippen molar-refractivity contribution >= 4 is 29.1 Å². The minimum atomic E-state index is -0.358. The minimum Gasteiger partial charge on any atom is -0.497 e. The number of rotatable bonds is 8. The van der Waals surface area contributed by atoms with Gasteiger partial charge in [0.2, 0.25) is 11.8 Å². The van der Waals surface area contributed by atoms with E-state index in [0.29, 0.717) is 22.7 Å². The summed E-state index contributed by atoms with van der Waals surface area (Å²) in [6.45, 7) is -0.0224. The van der Waals surface area contributed by atoms with E-state index in [-0.39, 0.29) is 30.8 Å². The maximum Gasteiger partial charge on any atom is 0.257 e. The number of para-hydroxylation sites is 1. The molecular formula is C19H22N4O4. The van der Waals surface area contributed by atoms with Gasteiger partial charge in [0.25, 0.3) is 5.91 Å². The predicted molar refractivity (Wildman–Crippen MR) is 103 cm³/mol. The van der Waals surface area contributed by atoms with Gasteiger partial charge in [-0.25, -0.2) is 0 Å². The second kappa shape index (κ2) is 9.93. The molecule has 0 aliphatic heterocycles. The third kappa shape index (κ3) is 6.12. The van der Waals surface area contributed by atoms with Crippen molar-refractivity contribution in [3.05, 3.63) is 54.1 Å². The molecule has 0 atom stereocenters. The normalized spacial score (nSPS) is 10.0. The van der Waals surface area contributed by atoms with E-state index >= 15 is 0 Å². The maximum atomic E-state index is 12.6. The second-order valence-electron chi connectivity index (χ2n) is 5.55. The average molecular weight is 370 g/mol. The summed E-state index contributed by atoms with van der Waals surface area (Å²) in [5.41, 5.74) is 1.32. The summed E-state index contributed by atoms with van der Waals surface area (Å²) in [5.74, 6) is -0.245. The lowest BCUT2D eigenvalue weighted by Gasteiger charge is -2.12. The molecule has 3 amide bonds. The largest absolute Gasteiger partial charge is 0.497 e. The summed E-state index contributed by atoms with van der Waals surface area (Å²) < 4.78 is 5.08. The Morgan fingerprint density at radius 2 is 1.56 bits per heavy atom. The van der Waals surface area contributed by atoms with Crippen molar-refractivity contribution in [3.8, 4) is 5.75 Å². The van der Waals surface area contributed by atoms with Crippen LogP contribution in [0.15, 0.2) is 48.5 Å². The molecule has 8 heteroatoms. The van der Waals surface area contributed by atoms with Gasteiger partial charge >= 0.3 is 0 Å². The number of hydrogen-bond donors (Lipinski definition) is 4. The van der Waals surface area contributed by atoms with Gasteiger partial charge < -0.3 is 20.7 Å². The van der Waals surface area contributed by atoms with E-state index in [1.807, 2.05) is 0 Å². The van der Waals surface area contributed by atoms with Crippen LogP contribution in [0.2, 0.25) is 0 Å². The van der Waals surface area contributed by atoms with Crippen molar-refractivity contribution in [1.82, 2.24) is 10.6 Å². The molecule has 0 bridgehead atoms. The van der Waals surface area contributed by atoms with Gasteiger partial charge in [0.1, 0.15) is 5.75 Å². The molecule has 0 aliphatic rings. The number of nitrogens with one attached hydrogen (secondary N) is 4. The SMILES string of the molecule is CNC(=O)CNCC(=O)Nc1ccccc1C(=O)Nc1ccc(OC)cc1. The van der Waals surface area contributed by atoms with Crippen molar-refractivity contribution in [3.63, 3.8) is 0 Å². The van der Waals surface area contributed by atoms with Gasteiger partial charge in [-0.1, -0.05) is 12.1 Å². The Morgan fingerprint density at radius 1 is 0.889 bits per heavy atom. The van der Waals surface area contributed by atoms with E-state index in [9.17, 15) is 14.4 Å². The molecule has 0 spiro atoms. The van der Waals surface area contributed by atoms with Crippen molar-refractivity contribution in [2.24, 2.45) is 0 Å². The van der Waals surface area contributed by atoms with Gasteiger partial charge in [0.05, 0.1) is 31.5 Å². The molecule has 0 saturated carbocycles. The van der Waals surface area contributed by atoms with Gasteiger partial charge in [-0.3, -0.25) is 19.7 Å². The highest BCUT2D eigenvalue weighted by atomic mass is 16.5. The summed E-state index contributed by atoms with van der Waals surface area (Å²) in [4.78, 5) is 35.7. The van der Waals surface area contributed by atoms with E-state index in [4.69, 9.17) is 4.74 Å². The molecule has 0 fully saturated rings. The van der Waals surface area contributed by atoms with Crippen LogP contribution in [-0.4, -0.2) is 45.0 Å². The highest BCUT2D eigenvalue weighted by Gasteiger charge is 2.13. The lowest BCUT2D eigenvalue weighted by atomic mass is 10.1. The van der Waals surface area contributed by atoms with Crippen molar-refractivity contribution in [1.29, 1.82) is 0 Å². The molecule has 4 N–H and O–H groups in total. The second-order valence-corrected chi connectivity index (χ2v) is 5.55. The monoisotopic (exact) mass is 370 g/mol. The van der Waals surface area contributed by atoms with Gasteiger partial charge in [0, 0.05) is 12.7 Å². The molecule has 27 heavy (non-hydrogen) atoms. The quantitative estimate of drug-likeness (QED) is 0.559. The highest BCUT2D eigenvalue weighted by Crippen LogP contribution is 2.19. The molecule has 8 nitrogen and oxygen atoms in total. The van der Waals surface area contributed by atoms with Gasteiger partial charge in [-0.15, -0.1) is 0 Å². The summed E-state index contributed by atoms with van der Waals surface area (Å²) in [7, 11) is 3.08. The molecule has 2 rings (SSSR count). The van der Waals surface area contributed by atoms with Crippen LogP contribution < -0.4 is 26.0 Å². The number of carbonyl (C=O) groups is 3. The van der Waals surface area contributed by atoms with Crippen LogP contribution in [0.5, 0.6) is 5.75 Å². The first-order chi connectivity index (χ1) is 13.0. The Kier molecular flexibility index (Phi) is 7.33. The van der Waals surface area contributed by atoms with Gasteiger partial charge in [-0.05, 0) is 36.4 Å². The van der Waals surface area contributed by atoms with Crippen LogP contribution in [0, 0.1) is 0 Å².